The SMILES string of the molecule is CCN1CCN(c2nc(-c3cccc4[nH]cc(C)c34)nc3c2CN(c2cc(Cl)ccc2C)CC3)CC1C. The van der Waals surface area contributed by atoms with Crippen LogP contribution in [0.1, 0.15) is 36.2 Å². The summed E-state index contributed by atoms with van der Waals surface area (Å²) in [5.74, 6) is 1.93. The van der Waals surface area contributed by atoms with Crippen LogP contribution >= 0.6 is 11.6 Å². The Labute approximate surface area is 224 Å². The summed E-state index contributed by atoms with van der Waals surface area (Å²) in [5, 5.41) is 1.99. The normalized spacial score (nSPS) is 18.5. The lowest BCUT2D eigenvalue weighted by molar-refractivity contribution is 0.199. The molecule has 37 heavy (non-hydrogen) atoms. The van der Waals surface area contributed by atoms with E-state index in [-0.39, 0.29) is 0 Å². The van der Waals surface area contributed by atoms with Gasteiger partial charge in [-0.2, -0.15) is 0 Å². The van der Waals surface area contributed by atoms with Gasteiger partial charge >= 0.3 is 0 Å². The molecule has 192 valence electrons. The quantitative estimate of drug-likeness (QED) is 0.362. The van der Waals surface area contributed by atoms with Crippen molar-refractivity contribution in [2.24, 2.45) is 0 Å². The van der Waals surface area contributed by atoms with E-state index in [1.54, 1.807) is 0 Å². The van der Waals surface area contributed by atoms with Gasteiger partial charge in [0.2, 0.25) is 0 Å². The Morgan fingerprint density at radius 3 is 2.70 bits per heavy atom. The summed E-state index contributed by atoms with van der Waals surface area (Å²) in [6.07, 6.45) is 2.96. The van der Waals surface area contributed by atoms with Gasteiger partial charge < -0.3 is 14.8 Å². The van der Waals surface area contributed by atoms with Gasteiger partial charge in [-0.15, -0.1) is 0 Å². The summed E-state index contributed by atoms with van der Waals surface area (Å²) in [5.41, 5.74) is 8.33. The van der Waals surface area contributed by atoms with Crippen molar-refractivity contribution in [3.8, 4) is 11.4 Å². The van der Waals surface area contributed by atoms with E-state index in [9.17, 15) is 0 Å². The highest BCUT2D eigenvalue weighted by Gasteiger charge is 2.30. The third-order valence-corrected chi connectivity index (χ3v) is 8.40. The Morgan fingerprint density at radius 1 is 1.03 bits per heavy atom. The van der Waals surface area contributed by atoms with Crippen molar-refractivity contribution in [2.75, 3.05) is 42.5 Å². The first-order valence-corrected chi connectivity index (χ1v) is 13.8. The molecule has 2 aromatic carbocycles. The summed E-state index contributed by atoms with van der Waals surface area (Å²) in [6, 6.07) is 13.0. The maximum absolute atomic E-state index is 6.41. The van der Waals surface area contributed by atoms with Crippen LogP contribution in [0.3, 0.4) is 0 Å². The van der Waals surface area contributed by atoms with Gasteiger partial charge in [-0.1, -0.05) is 36.7 Å². The number of fused-ring (bicyclic) bond motifs is 2. The predicted octanol–water partition coefficient (Wildman–Crippen LogP) is 5.99. The minimum Gasteiger partial charge on any atom is -0.366 e. The van der Waals surface area contributed by atoms with Crippen LogP contribution in [0.5, 0.6) is 0 Å². The number of hydrogen-bond donors (Lipinski definition) is 1. The van der Waals surface area contributed by atoms with E-state index < -0.39 is 0 Å². The summed E-state index contributed by atoms with van der Waals surface area (Å²) >= 11 is 6.41. The zero-order chi connectivity index (χ0) is 25.7. The molecule has 2 aliphatic rings. The number of anilines is 2. The van der Waals surface area contributed by atoms with Crippen LogP contribution < -0.4 is 9.80 Å². The first kappa shape index (κ1) is 24.3. The zero-order valence-corrected chi connectivity index (χ0v) is 22.9. The van der Waals surface area contributed by atoms with Crippen molar-refractivity contribution < 1.29 is 0 Å². The molecule has 1 unspecified atom stereocenters. The van der Waals surface area contributed by atoms with Crippen molar-refractivity contribution in [1.82, 2.24) is 19.9 Å². The summed E-state index contributed by atoms with van der Waals surface area (Å²) in [4.78, 5) is 21.4. The van der Waals surface area contributed by atoms with Gasteiger partial charge in [0.15, 0.2) is 5.82 Å². The number of halogens is 1. The van der Waals surface area contributed by atoms with Crippen LogP contribution in [0.4, 0.5) is 11.5 Å². The number of H-pyrrole nitrogens is 1. The first-order chi connectivity index (χ1) is 17.9. The number of likely N-dealkylation sites (N-methyl/N-ethyl adjacent to an activating group) is 1. The number of aromatic nitrogens is 3. The number of benzene rings is 2. The molecule has 0 amide bonds. The summed E-state index contributed by atoms with van der Waals surface area (Å²) in [7, 11) is 0. The Hall–Kier alpha value is -3.09. The summed E-state index contributed by atoms with van der Waals surface area (Å²) < 4.78 is 0. The molecular formula is C30H35ClN6. The number of rotatable bonds is 4. The number of piperazine rings is 1. The molecule has 0 bridgehead atoms. The largest absolute Gasteiger partial charge is 0.366 e. The van der Waals surface area contributed by atoms with Crippen molar-refractivity contribution in [3.05, 3.63) is 70.0 Å². The molecule has 1 saturated heterocycles. The third-order valence-electron chi connectivity index (χ3n) is 8.16. The second-order valence-corrected chi connectivity index (χ2v) is 11.0. The average molecular weight is 515 g/mol. The minimum atomic E-state index is 0.484. The van der Waals surface area contributed by atoms with E-state index in [0.29, 0.717) is 6.04 Å². The van der Waals surface area contributed by atoms with Gasteiger partial charge in [-0.3, -0.25) is 4.90 Å². The van der Waals surface area contributed by atoms with Gasteiger partial charge in [0, 0.05) is 84.1 Å². The molecule has 2 aliphatic heterocycles. The number of nitrogens with zero attached hydrogens (tertiary/aromatic N) is 5. The van der Waals surface area contributed by atoms with Crippen LogP contribution in [0.25, 0.3) is 22.3 Å². The molecule has 4 aromatic rings. The predicted molar refractivity (Wildman–Crippen MR) is 154 cm³/mol. The molecule has 1 atom stereocenters. The molecule has 4 heterocycles. The van der Waals surface area contributed by atoms with Crippen molar-refractivity contribution in [2.45, 2.75) is 46.7 Å². The standard InChI is InChI=1S/C30H35ClN6/c1-5-35-13-14-37(17-21(35)4)30-24-18-36(27-15-22(31)10-9-19(27)2)12-11-25(24)33-29(34-30)23-7-6-8-26-28(23)20(3)16-32-26/h6-10,15-16,21,32H,5,11-14,17-18H2,1-4H3. The molecule has 0 saturated carbocycles. The summed E-state index contributed by atoms with van der Waals surface area (Å²) in [6.45, 7) is 14.7. The van der Waals surface area contributed by atoms with Crippen LogP contribution in [-0.4, -0.2) is 58.6 Å². The smallest absolute Gasteiger partial charge is 0.162 e. The molecule has 0 spiro atoms. The maximum atomic E-state index is 6.41. The van der Waals surface area contributed by atoms with E-state index in [4.69, 9.17) is 21.6 Å². The monoisotopic (exact) mass is 514 g/mol. The average Bonchev–Trinajstić information content (AvgIpc) is 3.30. The highest BCUT2D eigenvalue weighted by Crippen LogP contribution is 2.36. The number of aryl methyl sites for hydroxylation is 2. The van der Waals surface area contributed by atoms with E-state index >= 15 is 0 Å². The molecular weight excluding hydrogens is 480 g/mol. The molecule has 0 radical (unpaired) electrons. The zero-order valence-electron chi connectivity index (χ0n) is 22.2. The highest BCUT2D eigenvalue weighted by molar-refractivity contribution is 6.30. The maximum Gasteiger partial charge on any atom is 0.162 e. The Kier molecular flexibility index (Phi) is 6.33. The molecule has 7 heteroatoms. The lowest BCUT2D eigenvalue weighted by Crippen LogP contribution is -2.52. The highest BCUT2D eigenvalue weighted by atomic mass is 35.5. The van der Waals surface area contributed by atoms with Crippen LogP contribution in [0, 0.1) is 13.8 Å². The fourth-order valence-corrected chi connectivity index (χ4v) is 6.27. The van der Waals surface area contributed by atoms with Crippen LogP contribution in [0.15, 0.2) is 42.6 Å². The van der Waals surface area contributed by atoms with E-state index in [0.717, 1.165) is 73.4 Å². The third kappa shape index (κ3) is 4.36. The lowest BCUT2D eigenvalue weighted by Gasteiger charge is -2.42. The second kappa shape index (κ2) is 9.66. The van der Waals surface area contributed by atoms with Gasteiger partial charge in [0.05, 0.1) is 5.69 Å². The first-order valence-electron chi connectivity index (χ1n) is 13.4. The van der Waals surface area contributed by atoms with Gasteiger partial charge in [0.1, 0.15) is 5.82 Å². The molecule has 2 aromatic heterocycles. The van der Waals surface area contributed by atoms with Gasteiger partial charge in [0.25, 0.3) is 0 Å². The fraction of sp³-hybridized carbons (Fsp3) is 0.400. The number of nitrogens with one attached hydrogen (secondary N) is 1. The van der Waals surface area contributed by atoms with Gasteiger partial charge in [-0.25, -0.2) is 9.97 Å². The van der Waals surface area contributed by atoms with Crippen LogP contribution in [-0.2, 0) is 13.0 Å². The molecule has 6 rings (SSSR count). The van der Waals surface area contributed by atoms with E-state index in [2.05, 4.69) is 83.9 Å². The van der Waals surface area contributed by atoms with E-state index in [1.165, 1.54) is 33.5 Å². The van der Waals surface area contributed by atoms with Crippen LogP contribution in [0.2, 0.25) is 5.02 Å². The Morgan fingerprint density at radius 2 is 1.89 bits per heavy atom. The van der Waals surface area contributed by atoms with Gasteiger partial charge in [-0.05, 0) is 56.6 Å². The Balaban J connectivity index is 1.47. The fourth-order valence-electron chi connectivity index (χ4n) is 6.11. The van der Waals surface area contributed by atoms with Crippen molar-refractivity contribution in [3.63, 3.8) is 0 Å². The van der Waals surface area contributed by atoms with E-state index in [1.807, 2.05) is 6.07 Å². The van der Waals surface area contributed by atoms with Crippen molar-refractivity contribution >= 4 is 34.0 Å². The molecule has 1 N–H and O–H groups in total. The Bertz CT molecular complexity index is 1460. The molecule has 0 aliphatic carbocycles. The minimum absolute atomic E-state index is 0.484. The number of aromatic amines is 1. The van der Waals surface area contributed by atoms with Crippen molar-refractivity contribution in [1.29, 1.82) is 0 Å². The number of hydrogen-bond acceptors (Lipinski definition) is 5. The molecule has 6 nitrogen and oxygen atoms in total. The second-order valence-electron chi connectivity index (χ2n) is 10.5. The molecule has 1 fully saturated rings. The lowest BCUT2D eigenvalue weighted by atomic mass is 10.0. The topological polar surface area (TPSA) is 51.3 Å².